The lowest BCUT2D eigenvalue weighted by Gasteiger charge is -2.35. The Bertz CT molecular complexity index is 963. The van der Waals surface area contributed by atoms with Crippen LogP contribution in [0.4, 0.5) is 0 Å². The predicted molar refractivity (Wildman–Crippen MR) is 133 cm³/mol. The Morgan fingerprint density at radius 2 is 1.94 bits per heavy atom. The van der Waals surface area contributed by atoms with Crippen LogP contribution in [0.2, 0.25) is 0 Å². The highest BCUT2D eigenvalue weighted by Gasteiger charge is 2.39. The van der Waals surface area contributed by atoms with Crippen molar-refractivity contribution >= 4 is 6.08 Å². The van der Waals surface area contributed by atoms with Gasteiger partial charge < -0.3 is 14.1 Å². The summed E-state index contributed by atoms with van der Waals surface area (Å²) < 4.78 is 11.9. The van der Waals surface area contributed by atoms with E-state index in [9.17, 15) is 10.1 Å². The van der Waals surface area contributed by atoms with Gasteiger partial charge in [0.05, 0.1) is 25.0 Å². The van der Waals surface area contributed by atoms with Gasteiger partial charge in [-0.1, -0.05) is 44.2 Å². The summed E-state index contributed by atoms with van der Waals surface area (Å²) in [6, 6.07) is 12.4. The molecule has 34 heavy (non-hydrogen) atoms. The first-order valence-corrected chi connectivity index (χ1v) is 12.5. The number of hydrogen-bond donors (Lipinski definition) is 1. The number of benzene rings is 1. The van der Waals surface area contributed by atoms with Crippen molar-refractivity contribution in [3.05, 3.63) is 75.4 Å². The third-order valence-electron chi connectivity index (χ3n) is 7.39. The van der Waals surface area contributed by atoms with E-state index in [1.54, 1.807) is 6.26 Å². The van der Waals surface area contributed by atoms with Crippen LogP contribution in [0.3, 0.4) is 0 Å². The molecule has 0 spiro atoms. The number of rotatable bonds is 9. The SMILES string of the molecule is Cc1occc1/C=C(\C(C)C)N1CCC(N[N+](=O)[O-])C1COC1CCC(c2ccccc2)CC1. The average Bonchev–Trinajstić information content (AvgIpc) is 3.41. The first-order chi connectivity index (χ1) is 16.4. The quantitative estimate of drug-likeness (QED) is 0.385. The van der Waals surface area contributed by atoms with Crippen LogP contribution >= 0.6 is 0 Å². The lowest BCUT2D eigenvalue weighted by atomic mass is 9.83. The number of furan rings is 1. The number of aryl methyl sites for hydroxylation is 1. The molecule has 0 bridgehead atoms. The van der Waals surface area contributed by atoms with Crippen LogP contribution in [0.1, 0.15) is 68.8 Å². The zero-order valence-electron chi connectivity index (χ0n) is 20.5. The van der Waals surface area contributed by atoms with Crippen LogP contribution in [0.15, 0.2) is 52.8 Å². The first-order valence-electron chi connectivity index (χ1n) is 12.5. The molecular weight excluding hydrogens is 430 g/mol. The molecule has 0 radical (unpaired) electrons. The lowest BCUT2D eigenvalue weighted by Crippen LogP contribution is -2.48. The summed E-state index contributed by atoms with van der Waals surface area (Å²) in [7, 11) is 0. The molecule has 1 aliphatic carbocycles. The van der Waals surface area contributed by atoms with Crippen LogP contribution < -0.4 is 5.43 Å². The monoisotopic (exact) mass is 467 g/mol. The van der Waals surface area contributed by atoms with E-state index >= 15 is 0 Å². The number of hydrazine groups is 1. The van der Waals surface area contributed by atoms with Gasteiger partial charge in [0.15, 0.2) is 5.03 Å². The van der Waals surface area contributed by atoms with Crippen molar-refractivity contribution in [3.8, 4) is 0 Å². The molecule has 0 amide bonds. The van der Waals surface area contributed by atoms with Gasteiger partial charge in [-0.2, -0.15) is 0 Å². The van der Waals surface area contributed by atoms with Gasteiger partial charge in [-0.3, -0.25) is 0 Å². The van der Waals surface area contributed by atoms with E-state index in [1.165, 1.54) is 11.3 Å². The maximum atomic E-state index is 11.3. The number of hydrogen-bond acceptors (Lipinski definition) is 5. The largest absolute Gasteiger partial charge is 0.469 e. The van der Waals surface area contributed by atoms with Gasteiger partial charge >= 0.3 is 0 Å². The zero-order chi connectivity index (χ0) is 24.1. The maximum absolute atomic E-state index is 11.3. The molecular formula is C27H37N3O4. The lowest BCUT2D eigenvalue weighted by molar-refractivity contribution is -0.551. The Balaban J connectivity index is 1.43. The summed E-state index contributed by atoms with van der Waals surface area (Å²) in [4.78, 5) is 13.6. The Morgan fingerprint density at radius 3 is 2.56 bits per heavy atom. The van der Waals surface area contributed by atoms with Crippen molar-refractivity contribution in [2.75, 3.05) is 13.2 Å². The number of allylic oxidation sites excluding steroid dienone is 1. The van der Waals surface area contributed by atoms with E-state index in [-0.39, 0.29) is 24.1 Å². The number of nitrogens with zero attached hydrogens (tertiary/aromatic N) is 2. The summed E-state index contributed by atoms with van der Waals surface area (Å²) in [6.07, 6.45) is 9.09. The Kier molecular flexibility index (Phi) is 7.93. The van der Waals surface area contributed by atoms with Crippen LogP contribution in [-0.4, -0.2) is 41.3 Å². The molecule has 1 aromatic carbocycles. The van der Waals surface area contributed by atoms with Crippen molar-refractivity contribution < 1.29 is 14.2 Å². The van der Waals surface area contributed by atoms with Crippen LogP contribution in [0, 0.1) is 23.0 Å². The van der Waals surface area contributed by atoms with Gasteiger partial charge in [-0.25, -0.2) is 10.1 Å². The van der Waals surface area contributed by atoms with Gasteiger partial charge in [0.1, 0.15) is 11.8 Å². The second kappa shape index (κ2) is 11.1. The van der Waals surface area contributed by atoms with Crippen LogP contribution in [0.25, 0.3) is 6.08 Å². The molecule has 2 atom stereocenters. The second-order valence-corrected chi connectivity index (χ2v) is 9.92. The minimum atomic E-state index is -0.411. The van der Waals surface area contributed by atoms with Gasteiger partial charge in [-0.05, 0) is 68.6 Å². The molecule has 7 heteroatoms. The molecule has 1 saturated heterocycles. The molecule has 2 aliphatic rings. The minimum absolute atomic E-state index is 0.0851. The van der Waals surface area contributed by atoms with Gasteiger partial charge in [0.2, 0.25) is 0 Å². The van der Waals surface area contributed by atoms with Gasteiger partial charge in [0, 0.05) is 17.8 Å². The Morgan fingerprint density at radius 1 is 1.21 bits per heavy atom. The molecule has 1 aliphatic heterocycles. The third kappa shape index (κ3) is 5.81. The summed E-state index contributed by atoms with van der Waals surface area (Å²) in [5, 5.41) is 10.9. The van der Waals surface area contributed by atoms with Gasteiger partial charge in [0.25, 0.3) is 0 Å². The number of ether oxygens (including phenoxy) is 1. The molecule has 2 unspecified atom stereocenters. The smallest absolute Gasteiger partial charge is 0.157 e. The molecule has 2 fully saturated rings. The normalized spacial score (nSPS) is 25.6. The molecule has 1 N–H and O–H groups in total. The highest BCUT2D eigenvalue weighted by Crippen LogP contribution is 2.35. The van der Waals surface area contributed by atoms with Crippen LogP contribution in [0.5, 0.6) is 0 Å². The molecule has 7 nitrogen and oxygen atoms in total. The Hall–Kier alpha value is -2.80. The van der Waals surface area contributed by atoms with Crippen molar-refractivity contribution in [2.24, 2.45) is 5.92 Å². The van der Waals surface area contributed by atoms with Crippen LogP contribution in [-0.2, 0) is 4.74 Å². The van der Waals surface area contributed by atoms with E-state index in [1.807, 2.05) is 13.0 Å². The number of nitro groups is 1. The average molecular weight is 468 g/mol. The molecule has 1 aromatic heterocycles. The van der Waals surface area contributed by atoms with E-state index in [0.717, 1.165) is 43.6 Å². The molecule has 184 valence electrons. The Labute approximate surface area is 202 Å². The third-order valence-corrected chi connectivity index (χ3v) is 7.39. The maximum Gasteiger partial charge on any atom is 0.157 e. The highest BCUT2D eigenvalue weighted by molar-refractivity contribution is 5.54. The molecule has 2 aromatic rings. The summed E-state index contributed by atoms with van der Waals surface area (Å²) >= 11 is 0. The standard InChI is InChI=1S/C27H37N3O4/c1-19(2)26(17-23-14-16-33-20(23)3)29-15-13-25(28-30(31)32)27(29)18-34-24-11-9-22(10-12-24)21-7-5-4-6-8-21/h4-8,14,16-17,19,22,24-25,27-28H,9-13,15,18H2,1-3H3/b26-17+. The number of likely N-dealkylation sites (tertiary alicyclic amines) is 1. The van der Waals surface area contributed by atoms with Gasteiger partial charge in [-0.15, -0.1) is 5.43 Å². The van der Waals surface area contributed by atoms with E-state index in [4.69, 9.17) is 9.15 Å². The molecule has 2 heterocycles. The minimum Gasteiger partial charge on any atom is -0.469 e. The summed E-state index contributed by atoms with van der Waals surface area (Å²) in [5.74, 6) is 1.74. The fourth-order valence-electron chi connectivity index (χ4n) is 5.47. The number of nitrogens with one attached hydrogen (secondary N) is 1. The van der Waals surface area contributed by atoms with Crippen molar-refractivity contribution in [1.82, 2.24) is 10.3 Å². The predicted octanol–water partition coefficient (Wildman–Crippen LogP) is 5.55. The van der Waals surface area contributed by atoms with Crippen molar-refractivity contribution in [1.29, 1.82) is 0 Å². The fraction of sp³-hybridized carbons (Fsp3) is 0.556. The summed E-state index contributed by atoms with van der Waals surface area (Å²) in [5.41, 5.74) is 6.19. The molecule has 4 rings (SSSR count). The topological polar surface area (TPSA) is 80.8 Å². The first kappa shape index (κ1) is 24.3. The zero-order valence-corrected chi connectivity index (χ0v) is 20.5. The molecule has 1 saturated carbocycles. The second-order valence-electron chi connectivity index (χ2n) is 9.92. The van der Waals surface area contributed by atoms with E-state index in [0.29, 0.717) is 18.9 Å². The highest BCUT2D eigenvalue weighted by atomic mass is 16.7. The van der Waals surface area contributed by atoms with E-state index < -0.39 is 5.03 Å². The van der Waals surface area contributed by atoms with E-state index in [2.05, 4.69) is 60.6 Å². The van der Waals surface area contributed by atoms with Crippen molar-refractivity contribution in [2.45, 2.75) is 77.0 Å². The van der Waals surface area contributed by atoms with Crippen molar-refractivity contribution in [3.63, 3.8) is 0 Å². The fourth-order valence-corrected chi connectivity index (χ4v) is 5.47. The summed E-state index contributed by atoms with van der Waals surface area (Å²) in [6.45, 7) is 7.54.